The van der Waals surface area contributed by atoms with Crippen LogP contribution < -0.4 is 4.74 Å². The predicted octanol–water partition coefficient (Wildman–Crippen LogP) is 10.5. The highest BCUT2D eigenvalue weighted by molar-refractivity contribution is 5.72. The molecule has 0 unspecified atom stereocenters. The van der Waals surface area contributed by atoms with E-state index >= 15 is 0 Å². The lowest BCUT2D eigenvalue weighted by atomic mass is 9.68. The molecule has 0 amide bonds. The van der Waals surface area contributed by atoms with Crippen molar-refractivity contribution in [1.29, 1.82) is 0 Å². The molecule has 0 spiro atoms. The molecule has 3 aliphatic carbocycles. The van der Waals surface area contributed by atoms with E-state index in [1.54, 1.807) is 31.2 Å². The van der Waals surface area contributed by atoms with Crippen LogP contribution in [0.1, 0.15) is 126 Å². The van der Waals surface area contributed by atoms with Gasteiger partial charge in [-0.3, -0.25) is 4.79 Å². The summed E-state index contributed by atoms with van der Waals surface area (Å²) in [4.78, 5) is 13.1. The second kappa shape index (κ2) is 15.6. The molecule has 0 bridgehead atoms. The molecular weight excluding hydrogens is 580 g/mol. The highest BCUT2D eigenvalue weighted by Gasteiger charge is 2.36. The van der Waals surface area contributed by atoms with Gasteiger partial charge in [0.15, 0.2) is 23.2 Å². The van der Waals surface area contributed by atoms with Gasteiger partial charge in [0.1, 0.15) is 6.10 Å². The second-order valence-corrected chi connectivity index (χ2v) is 13.4. The van der Waals surface area contributed by atoms with E-state index in [4.69, 9.17) is 9.47 Å². The van der Waals surface area contributed by atoms with E-state index in [0.717, 1.165) is 51.4 Å². The Morgan fingerprint density at radius 3 is 1.89 bits per heavy atom. The minimum atomic E-state index is -0.889. The van der Waals surface area contributed by atoms with Crippen LogP contribution in [0.5, 0.6) is 5.75 Å². The van der Waals surface area contributed by atoms with Crippen molar-refractivity contribution in [3.63, 3.8) is 0 Å². The zero-order chi connectivity index (χ0) is 31.9. The number of ether oxygens (including phenoxy) is 2. The molecule has 3 fully saturated rings. The first-order valence-electron chi connectivity index (χ1n) is 17.2. The molecule has 7 heteroatoms. The number of allylic oxidation sites excluding steroid dienone is 2. The summed E-state index contributed by atoms with van der Waals surface area (Å²) in [5.74, 6) is -2.28. The van der Waals surface area contributed by atoms with Crippen molar-refractivity contribution in [2.24, 2.45) is 17.8 Å². The van der Waals surface area contributed by atoms with Gasteiger partial charge in [-0.05, 0) is 150 Å². The van der Waals surface area contributed by atoms with Gasteiger partial charge in [0, 0.05) is 0 Å². The summed E-state index contributed by atoms with van der Waals surface area (Å²) in [5, 5.41) is 0. The van der Waals surface area contributed by atoms with Gasteiger partial charge in [0.25, 0.3) is 0 Å². The Bertz CT molecular complexity index is 1320. The molecule has 0 aromatic heterocycles. The number of benzene rings is 2. The first kappa shape index (κ1) is 33.5. The molecule has 0 radical (unpaired) electrons. The smallest absolute Gasteiger partial charge is 0.309 e. The fraction of sp³-hybridized carbons (Fsp3) is 0.605. The van der Waals surface area contributed by atoms with Gasteiger partial charge in [-0.15, -0.1) is 0 Å². The molecule has 3 aliphatic rings. The van der Waals surface area contributed by atoms with Crippen LogP contribution in [0.3, 0.4) is 0 Å². The number of hydrogen-bond donors (Lipinski definition) is 0. The highest BCUT2D eigenvalue weighted by atomic mass is 19.2. The standard InChI is InChI=1S/C38H48F4O3/c1-3-5-6-7-28-18-21-31(35(40)34(28)39)27-16-19-30(20-17-27)45-38(43)29-14-10-25(11-15-29)24-8-12-26(13-9-24)32-22-23-33(44-4-2)37(42)36(32)41/h3,5,18,21-27,29-30H,4,6-17,19-20H2,1-2H3. The van der Waals surface area contributed by atoms with Gasteiger partial charge in [-0.1, -0.05) is 30.4 Å². The number of hydrogen-bond acceptors (Lipinski definition) is 3. The maximum atomic E-state index is 14.9. The minimum Gasteiger partial charge on any atom is -0.491 e. The quantitative estimate of drug-likeness (QED) is 0.149. The maximum Gasteiger partial charge on any atom is 0.309 e. The van der Waals surface area contributed by atoms with Gasteiger partial charge >= 0.3 is 5.97 Å². The molecule has 0 atom stereocenters. The fourth-order valence-corrected chi connectivity index (χ4v) is 8.13. The van der Waals surface area contributed by atoms with Crippen LogP contribution in [-0.2, 0) is 16.0 Å². The van der Waals surface area contributed by atoms with E-state index in [1.807, 2.05) is 19.1 Å². The van der Waals surface area contributed by atoms with Gasteiger partial charge in [-0.25, -0.2) is 13.2 Å². The number of aryl methyl sites for hydroxylation is 1. The number of esters is 1. The molecule has 45 heavy (non-hydrogen) atoms. The Morgan fingerprint density at radius 2 is 1.29 bits per heavy atom. The van der Waals surface area contributed by atoms with E-state index in [1.165, 1.54) is 0 Å². The number of carbonyl (C=O) groups excluding carboxylic acids is 1. The third-order valence-electron chi connectivity index (χ3n) is 10.8. The van der Waals surface area contributed by atoms with Crippen LogP contribution in [-0.4, -0.2) is 18.7 Å². The van der Waals surface area contributed by atoms with Crippen LogP contribution in [0.25, 0.3) is 0 Å². The lowest BCUT2D eigenvalue weighted by Crippen LogP contribution is -2.32. The first-order chi connectivity index (χ1) is 21.8. The summed E-state index contributed by atoms with van der Waals surface area (Å²) >= 11 is 0. The maximum absolute atomic E-state index is 14.9. The average Bonchev–Trinajstić information content (AvgIpc) is 3.06. The van der Waals surface area contributed by atoms with Crippen molar-refractivity contribution >= 4 is 5.97 Å². The van der Waals surface area contributed by atoms with Gasteiger partial charge in [-0.2, -0.15) is 4.39 Å². The zero-order valence-electron chi connectivity index (χ0n) is 26.8. The third kappa shape index (κ3) is 7.94. The third-order valence-corrected chi connectivity index (χ3v) is 10.8. The normalized spacial score (nSPS) is 27.4. The topological polar surface area (TPSA) is 35.5 Å². The minimum absolute atomic E-state index is 0.0240. The highest BCUT2D eigenvalue weighted by Crippen LogP contribution is 2.45. The van der Waals surface area contributed by atoms with E-state index in [2.05, 4.69) is 0 Å². The Morgan fingerprint density at radius 1 is 0.733 bits per heavy atom. The van der Waals surface area contributed by atoms with Crippen molar-refractivity contribution in [3.8, 4) is 5.75 Å². The molecule has 0 aliphatic heterocycles. The Hall–Kier alpha value is -2.83. The van der Waals surface area contributed by atoms with Crippen molar-refractivity contribution < 1.29 is 31.8 Å². The van der Waals surface area contributed by atoms with Crippen LogP contribution >= 0.6 is 0 Å². The molecule has 3 saturated carbocycles. The fourth-order valence-electron chi connectivity index (χ4n) is 8.13. The van der Waals surface area contributed by atoms with E-state index < -0.39 is 23.3 Å². The van der Waals surface area contributed by atoms with Crippen LogP contribution in [0.2, 0.25) is 0 Å². The van der Waals surface area contributed by atoms with Gasteiger partial charge in [0.2, 0.25) is 5.82 Å². The zero-order valence-corrected chi connectivity index (χ0v) is 26.8. The summed E-state index contributed by atoms with van der Waals surface area (Å²) < 4.78 is 69.9. The summed E-state index contributed by atoms with van der Waals surface area (Å²) in [6.45, 7) is 3.95. The molecule has 3 nitrogen and oxygen atoms in total. The molecule has 0 saturated heterocycles. The predicted molar refractivity (Wildman–Crippen MR) is 168 cm³/mol. The van der Waals surface area contributed by atoms with Crippen molar-refractivity contribution in [2.75, 3.05) is 6.61 Å². The molecule has 0 N–H and O–H groups in total. The Kier molecular flexibility index (Phi) is 11.7. The average molecular weight is 629 g/mol. The van der Waals surface area contributed by atoms with Gasteiger partial charge in [0.05, 0.1) is 12.5 Å². The van der Waals surface area contributed by atoms with E-state index in [-0.39, 0.29) is 35.6 Å². The van der Waals surface area contributed by atoms with Crippen LogP contribution in [0.4, 0.5) is 17.6 Å². The molecule has 0 heterocycles. The summed E-state index contributed by atoms with van der Waals surface area (Å²) in [5.41, 5.74) is 1.31. The van der Waals surface area contributed by atoms with Gasteiger partial charge < -0.3 is 9.47 Å². The van der Waals surface area contributed by atoms with Crippen LogP contribution in [0.15, 0.2) is 36.4 Å². The van der Waals surface area contributed by atoms with Crippen molar-refractivity contribution in [2.45, 2.75) is 122 Å². The summed E-state index contributed by atoms with van der Waals surface area (Å²) in [7, 11) is 0. The summed E-state index contributed by atoms with van der Waals surface area (Å²) in [6, 6.07) is 6.68. The number of carbonyl (C=O) groups is 1. The van der Waals surface area contributed by atoms with Crippen molar-refractivity contribution in [3.05, 3.63) is 76.4 Å². The summed E-state index contributed by atoms with van der Waals surface area (Å²) in [6.07, 6.45) is 14.8. The molecule has 2 aromatic rings. The molecule has 5 rings (SSSR count). The molecule has 2 aromatic carbocycles. The monoisotopic (exact) mass is 628 g/mol. The number of halogens is 4. The first-order valence-corrected chi connectivity index (χ1v) is 17.2. The Labute approximate surface area is 265 Å². The van der Waals surface area contributed by atoms with Crippen molar-refractivity contribution in [1.82, 2.24) is 0 Å². The lowest BCUT2D eigenvalue weighted by molar-refractivity contribution is -0.157. The van der Waals surface area contributed by atoms with Crippen LogP contribution in [0, 0.1) is 41.0 Å². The SMILES string of the molecule is CC=CCCc1ccc(C2CCC(OC(=O)C3CCC(C4CCC(c5ccc(OCC)c(F)c5F)CC4)CC3)CC2)c(F)c1F. The Balaban J connectivity index is 1.04. The lowest BCUT2D eigenvalue weighted by Gasteiger charge is -2.38. The molecular formula is C38H48F4O3. The second-order valence-electron chi connectivity index (χ2n) is 13.4. The van der Waals surface area contributed by atoms with E-state index in [0.29, 0.717) is 73.7 Å². The number of rotatable bonds is 10. The molecule has 246 valence electrons. The van der Waals surface area contributed by atoms with E-state index in [9.17, 15) is 22.4 Å². The largest absolute Gasteiger partial charge is 0.491 e.